The summed E-state index contributed by atoms with van der Waals surface area (Å²) in [6.07, 6.45) is 5.45. The molecule has 1 aromatic carbocycles. The lowest BCUT2D eigenvalue weighted by atomic mass is 10.2. The lowest BCUT2D eigenvalue weighted by Crippen LogP contribution is -1.94. The number of hydrogen-bond donors (Lipinski definition) is 0. The summed E-state index contributed by atoms with van der Waals surface area (Å²) < 4.78 is 1.72. The van der Waals surface area contributed by atoms with Gasteiger partial charge in [0, 0.05) is 0 Å². The smallest absolute Gasteiger partial charge is 0.0697 e. The predicted molar refractivity (Wildman–Crippen MR) is 59.3 cm³/mol. The molecule has 4 heteroatoms. The molecule has 0 bridgehead atoms. The van der Waals surface area contributed by atoms with E-state index in [2.05, 4.69) is 26.2 Å². The van der Waals surface area contributed by atoms with Crippen molar-refractivity contribution < 1.29 is 0 Å². The van der Waals surface area contributed by atoms with Gasteiger partial charge in [-0.2, -0.15) is 0 Å². The molecule has 2 rings (SSSR count). The summed E-state index contributed by atoms with van der Waals surface area (Å²) in [5, 5.41) is 7.65. The SMILES string of the molecule is Br/C=C/c1ccc(-n2ccnn2)cc1. The van der Waals surface area contributed by atoms with Crippen LogP contribution in [0.5, 0.6) is 0 Å². The quantitative estimate of drug-likeness (QED) is 0.820. The molecule has 0 atom stereocenters. The van der Waals surface area contributed by atoms with Crippen LogP contribution >= 0.6 is 15.9 Å². The van der Waals surface area contributed by atoms with Crippen molar-refractivity contribution in [1.29, 1.82) is 0 Å². The zero-order valence-corrected chi connectivity index (χ0v) is 8.92. The van der Waals surface area contributed by atoms with E-state index in [0.717, 1.165) is 11.3 Å². The van der Waals surface area contributed by atoms with E-state index >= 15 is 0 Å². The molecule has 0 aliphatic rings. The molecule has 0 saturated carbocycles. The zero-order valence-electron chi connectivity index (χ0n) is 7.34. The van der Waals surface area contributed by atoms with Gasteiger partial charge in [-0.15, -0.1) is 5.10 Å². The summed E-state index contributed by atoms with van der Waals surface area (Å²) in [5.74, 6) is 0. The topological polar surface area (TPSA) is 30.7 Å². The minimum absolute atomic E-state index is 1.01. The van der Waals surface area contributed by atoms with Crippen molar-refractivity contribution >= 4 is 22.0 Å². The van der Waals surface area contributed by atoms with Gasteiger partial charge in [-0.1, -0.05) is 33.3 Å². The first-order valence-electron chi connectivity index (χ1n) is 4.13. The van der Waals surface area contributed by atoms with Crippen LogP contribution in [0.3, 0.4) is 0 Å². The summed E-state index contributed by atoms with van der Waals surface area (Å²) in [6.45, 7) is 0. The molecular weight excluding hydrogens is 242 g/mol. The fourth-order valence-corrected chi connectivity index (χ4v) is 1.46. The van der Waals surface area contributed by atoms with Crippen LogP contribution in [0.25, 0.3) is 11.8 Å². The summed E-state index contributed by atoms with van der Waals surface area (Å²) in [5.41, 5.74) is 2.15. The van der Waals surface area contributed by atoms with Crippen molar-refractivity contribution in [1.82, 2.24) is 15.0 Å². The van der Waals surface area contributed by atoms with E-state index in [4.69, 9.17) is 0 Å². The van der Waals surface area contributed by atoms with Gasteiger partial charge in [0.2, 0.25) is 0 Å². The van der Waals surface area contributed by atoms with Crippen molar-refractivity contribution in [3.05, 3.63) is 47.2 Å². The van der Waals surface area contributed by atoms with Crippen LogP contribution in [0.15, 0.2) is 41.6 Å². The molecule has 0 aliphatic carbocycles. The van der Waals surface area contributed by atoms with Gasteiger partial charge >= 0.3 is 0 Å². The van der Waals surface area contributed by atoms with Gasteiger partial charge in [0.15, 0.2) is 0 Å². The Morgan fingerprint density at radius 3 is 2.57 bits per heavy atom. The Balaban J connectivity index is 2.31. The average Bonchev–Trinajstić information content (AvgIpc) is 2.72. The second kappa shape index (κ2) is 4.19. The van der Waals surface area contributed by atoms with Crippen LogP contribution in [-0.4, -0.2) is 15.0 Å². The first kappa shape index (κ1) is 9.15. The monoisotopic (exact) mass is 249 g/mol. The average molecular weight is 250 g/mol. The molecule has 2 aromatic rings. The lowest BCUT2D eigenvalue weighted by molar-refractivity contribution is 0.803. The molecular formula is C10H8BrN3. The van der Waals surface area contributed by atoms with Gasteiger partial charge in [0.05, 0.1) is 18.1 Å². The molecule has 70 valence electrons. The predicted octanol–water partition coefficient (Wildman–Crippen LogP) is 2.63. The molecule has 0 N–H and O–H groups in total. The molecule has 0 unspecified atom stereocenters. The highest BCUT2D eigenvalue weighted by Crippen LogP contribution is 2.09. The first-order valence-corrected chi connectivity index (χ1v) is 5.05. The number of aromatic nitrogens is 3. The Labute approximate surface area is 90.2 Å². The van der Waals surface area contributed by atoms with Crippen LogP contribution in [0.1, 0.15) is 5.56 Å². The maximum atomic E-state index is 3.90. The summed E-state index contributed by atoms with van der Waals surface area (Å²) >= 11 is 3.24. The largest absolute Gasteiger partial charge is 0.221 e. The molecule has 3 nitrogen and oxygen atoms in total. The summed E-state index contributed by atoms with van der Waals surface area (Å²) in [7, 11) is 0. The second-order valence-corrected chi connectivity index (χ2v) is 3.26. The standard InChI is InChI=1S/C10H8BrN3/c11-6-5-9-1-3-10(4-2-9)14-8-7-12-13-14/h1-8H/b6-5+. The van der Waals surface area contributed by atoms with E-state index in [1.54, 1.807) is 10.9 Å². The molecule has 0 fully saturated rings. The minimum atomic E-state index is 1.01. The van der Waals surface area contributed by atoms with E-state index in [1.807, 2.05) is 41.5 Å². The lowest BCUT2D eigenvalue weighted by Gasteiger charge is -1.99. The van der Waals surface area contributed by atoms with E-state index in [9.17, 15) is 0 Å². The molecule has 1 heterocycles. The highest BCUT2D eigenvalue weighted by molar-refractivity contribution is 9.11. The zero-order chi connectivity index (χ0) is 9.80. The third-order valence-electron chi connectivity index (χ3n) is 1.84. The van der Waals surface area contributed by atoms with Gasteiger partial charge < -0.3 is 0 Å². The van der Waals surface area contributed by atoms with Crippen molar-refractivity contribution in [2.24, 2.45) is 0 Å². The summed E-state index contributed by atoms with van der Waals surface area (Å²) in [4.78, 5) is 1.83. The van der Waals surface area contributed by atoms with E-state index in [0.29, 0.717) is 0 Å². The third kappa shape index (κ3) is 1.90. The van der Waals surface area contributed by atoms with Gasteiger partial charge in [0.1, 0.15) is 0 Å². The number of rotatable bonds is 2. The Morgan fingerprint density at radius 1 is 1.21 bits per heavy atom. The number of halogens is 1. The molecule has 0 saturated heterocycles. The maximum absolute atomic E-state index is 3.90. The highest BCUT2D eigenvalue weighted by atomic mass is 79.9. The van der Waals surface area contributed by atoms with Crippen LogP contribution in [0.2, 0.25) is 0 Å². The van der Waals surface area contributed by atoms with Gasteiger partial charge in [-0.05, 0) is 28.8 Å². The third-order valence-corrected chi connectivity index (χ3v) is 2.10. The van der Waals surface area contributed by atoms with Crippen molar-refractivity contribution in [3.8, 4) is 5.69 Å². The van der Waals surface area contributed by atoms with Crippen LogP contribution in [-0.2, 0) is 0 Å². The van der Waals surface area contributed by atoms with E-state index < -0.39 is 0 Å². The molecule has 14 heavy (non-hydrogen) atoms. The van der Waals surface area contributed by atoms with Crippen LogP contribution < -0.4 is 0 Å². The Hall–Kier alpha value is -1.42. The van der Waals surface area contributed by atoms with Crippen molar-refractivity contribution in [3.63, 3.8) is 0 Å². The highest BCUT2D eigenvalue weighted by Gasteiger charge is 1.94. The molecule has 0 spiro atoms. The van der Waals surface area contributed by atoms with Gasteiger partial charge in [0.25, 0.3) is 0 Å². The number of hydrogen-bond acceptors (Lipinski definition) is 2. The number of benzene rings is 1. The molecule has 1 aromatic heterocycles. The normalized spacial score (nSPS) is 10.9. The molecule has 0 radical (unpaired) electrons. The Kier molecular flexibility index (Phi) is 2.74. The fraction of sp³-hybridized carbons (Fsp3) is 0. The number of nitrogens with zero attached hydrogens (tertiary/aromatic N) is 3. The molecule has 0 aliphatic heterocycles. The molecule has 0 amide bonds. The van der Waals surface area contributed by atoms with Gasteiger partial charge in [-0.25, -0.2) is 4.68 Å². The summed E-state index contributed by atoms with van der Waals surface area (Å²) in [6, 6.07) is 8.04. The maximum Gasteiger partial charge on any atom is 0.0697 e. The van der Waals surface area contributed by atoms with Crippen molar-refractivity contribution in [2.45, 2.75) is 0 Å². The first-order chi connectivity index (χ1) is 6.90. The van der Waals surface area contributed by atoms with Gasteiger partial charge in [-0.3, -0.25) is 0 Å². The second-order valence-electron chi connectivity index (χ2n) is 2.73. The van der Waals surface area contributed by atoms with E-state index in [-0.39, 0.29) is 0 Å². The van der Waals surface area contributed by atoms with Crippen molar-refractivity contribution in [2.75, 3.05) is 0 Å². The minimum Gasteiger partial charge on any atom is -0.221 e. The van der Waals surface area contributed by atoms with E-state index in [1.165, 1.54) is 0 Å². The fourth-order valence-electron chi connectivity index (χ4n) is 1.16. The van der Waals surface area contributed by atoms with Crippen LogP contribution in [0, 0.1) is 0 Å². The van der Waals surface area contributed by atoms with Crippen LogP contribution in [0.4, 0.5) is 0 Å². The Bertz CT molecular complexity index is 417. The Morgan fingerprint density at radius 2 is 2.00 bits per heavy atom.